The molecule has 0 bridgehead atoms. The van der Waals surface area contributed by atoms with Gasteiger partial charge in [-0.05, 0) is 31.1 Å². The van der Waals surface area contributed by atoms with E-state index >= 15 is 0 Å². The van der Waals surface area contributed by atoms with Crippen molar-refractivity contribution in [2.24, 2.45) is 17.8 Å². The summed E-state index contributed by atoms with van der Waals surface area (Å²) in [7, 11) is 0. The molecule has 2 unspecified atom stereocenters. The van der Waals surface area contributed by atoms with Gasteiger partial charge >= 0.3 is 12.0 Å². The quantitative estimate of drug-likeness (QED) is 0.792. The van der Waals surface area contributed by atoms with Crippen molar-refractivity contribution < 1.29 is 14.7 Å². The average Bonchev–Trinajstić information content (AvgIpc) is 2.64. The first-order valence-corrected chi connectivity index (χ1v) is 8.21. The lowest BCUT2D eigenvalue weighted by Gasteiger charge is -2.23. The lowest BCUT2D eigenvalue weighted by atomic mass is 9.96. The molecule has 5 heteroatoms. The van der Waals surface area contributed by atoms with E-state index in [-0.39, 0.29) is 18.5 Å². The topological polar surface area (TPSA) is 69.6 Å². The number of carbonyl (C=O) groups is 2. The number of carboxylic acid groups (broad SMARTS) is 1. The first-order chi connectivity index (χ1) is 9.95. The van der Waals surface area contributed by atoms with Crippen LogP contribution in [0.4, 0.5) is 4.79 Å². The van der Waals surface area contributed by atoms with Gasteiger partial charge in [0.2, 0.25) is 0 Å². The summed E-state index contributed by atoms with van der Waals surface area (Å²) < 4.78 is 0. The molecule has 0 aliphatic carbocycles. The number of aliphatic carboxylic acids is 1. The molecule has 0 aromatic carbocycles. The molecular weight excluding hydrogens is 268 g/mol. The summed E-state index contributed by atoms with van der Waals surface area (Å²) >= 11 is 0. The van der Waals surface area contributed by atoms with E-state index in [1.165, 1.54) is 19.3 Å². The van der Waals surface area contributed by atoms with Crippen LogP contribution in [0.2, 0.25) is 0 Å². The first-order valence-electron chi connectivity index (χ1n) is 8.21. The highest BCUT2D eigenvalue weighted by atomic mass is 16.4. The van der Waals surface area contributed by atoms with Gasteiger partial charge in [0.15, 0.2) is 0 Å². The Morgan fingerprint density at radius 2 is 2.00 bits per heavy atom. The van der Waals surface area contributed by atoms with Gasteiger partial charge in [0, 0.05) is 19.6 Å². The molecule has 122 valence electrons. The molecule has 5 nitrogen and oxygen atoms in total. The van der Waals surface area contributed by atoms with Crippen LogP contribution in [-0.2, 0) is 4.79 Å². The van der Waals surface area contributed by atoms with Crippen LogP contribution in [0.3, 0.4) is 0 Å². The number of nitrogens with zero attached hydrogens (tertiary/aromatic N) is 1. The van der Waals surface area contributed by atoms with E-state index in [9.17, 15) is 9.59 Å². The molecule has 1 aliphatic rings. The number of amides is 2. The Bertz CT molecular complexity index is 344. The van der Waals surface area contributed by atoms with Crippen LogP contribution in [0.1, 0.15) is 52.9 Å². The SMILES string of the molecule is CCCC1CCCN(C(=O)NCC(C(=O)O)C(C)C)CC1. The minimum absolute atomic E-state index is 0.0147. The third-order valence-electron chi connectivity index (χ3n) is 4.43. The van der Waals surface area contributed by atoms with E-state index in [4.69, 9.17) is 5.11 Å². The average molecular weight is 298 g/mol. The van der Waals surface area contributed by atoms with Gasteiger partial charge in [0.05, 0.1) is 5.92 Å². The summed E-state index contributed by atoms with van der Waals surface area (Å²) in [6.07, 6.45) is 5.75. The fourth-order valence-corrected chi connectivity index (χ4v) is 2.98. The van der Waals surface area contributed by atoms with Crippen molar-refractivity contribution >= 4 is 12.0 Å². The summed E-state index contributed by atoms with van der Waals surface area (Å²) in [6.45, 7) is 7.72. The van der Waals surface area contributed by atoms with E-state index in [1.807, 2.05) is 18.7 Å². The predicted octanol–water partition coefficient (Wildman–Crippen LogP) is 2.96. The Labute approximate surface area is 128 Å². The monoisotopic (exact) mass is 298 g/mol. The molecule has 0 aromatic heterocycles. The van der Waals surface area contributed by atoms with Crippen molar-refractivity contribution in [3.05, 3.63) is 0 Å². The van der Waals surface area contributed by atoms with Crippen molar-refractivity contribution in [1.82, 2.24) is 10.2 Å². The van der Waals surface area contributed by atoms with Crippen LogP contribution < -0.4 is 5.32 Å². The van der Waals surface area contributed by atoms with Crippen molar-refractivity contribution in [2.45, 2.75) is 52.9 Å². The van der Waals surface area contributed by atoms with Gasteiger partial charge in [-0.2, -0.15) is 0 Å². The minimum Gasteiger partial charge on any atom is -0.481 e. The van der Waals surface area contributed by atoms with Gasteiger partial charge in [-0.3, -0.25) is 4.79 Å². The van der Waals surface area contributed by atoms with Crippen LogP contribution in [0, 0.1) is 17.8 Å². The molecule has 2 atom stereocenters. The Kier molecular flexibility index (Phi) is 7.54. The fraction of sp³-hybridized carbons (Fsp3) is 0.875. The predicted molar refractivity (Wildman–Crippen MR) is 83.2 cm³/mol. The fourth-order valence-electron chi connectivity index (χ4n) is 2.98. The zero-order valence-electron chi connectivity index (χ0n) is 13.6. The van der Waals surface area contributed by atoms with E-state index in [2.05, 4.69) is 12.2 Å². The summed E-state index contributed by atoms with van der Waals surface area (Å²) in [5.74, 6) is -0.617. The van der Waals surface area contributed by atoms with Crippen molar-refractivity contribution in [3.8, 4) is 0 Å². The van der Waals surface area contributed by atoms with Gasteiger partial charge < -0.3 is 15.3 Å². The maximum absolute atomic E-state index is 12.2. The van der Waals surface area contributed by atoms with Gasteiger partial charge in [0.25, 0.3) is 0 Å². The van der Waals surface area contributed by atoms with E-state index in [0.29, 0.717) is 0 Å². The van der Waals surface area contributed by atoms with Gasteiger partial charge in [0.1, 0.15) is 0 Å². The molecule has 0 spiro atoms. The second-order valence-electron chi connectivity index (χ2n) is 6.45. The lowest BCUT2D eigenvalue weighted by Crippen LogP contribution is -2.44. The number of carbonyl (C=O) groups excluding carboxylic acids is 1. The molecule has 0 saturated carbocycles. The number of urea groups is 1. The molecule has 0 aromatic rings. The minimum atomic E-state index is -0.843. The van der Waals surface area contributed by atoms with Gasteiger partial charge in [-0.15, -0.1) is 0 Å². The smallest absolute Gasteiger partial charge is 0.317 e. The van der Waals surface area contributed by atoms with E-state index in [0.717, 1.165) is 31.8 Å². The van der Waals surface area contributed by atoms with Crippen LogP contribution in [0.15, 0.2) is 0 Å². The largest absolute Gasteiger partial charge is 0.481 e. The summed E-state index contributed by atoms with van der Waals surface area (Å²) in [4.78, 5) is 25.2. The maximum atomic E-state index is 12.2. The normalized spacial score (nSPS) is 21.0. The number of likely N-dealkylation sites (tertiary alicyclic amines) is 1. The number of rotatable bonds is 6. The molecule has 0 radical (unpaired) electrons. The molecule has 1 aliphatic heterocycles. The van der Waals surface area contributed by atoms with Crippen molar-refractivity contribution in [2.75, 3.05) is 19.6 Å². The van der Waals surface area contributed by atoms with Gasteiger partial charge in [-0.1, -0.05) is 33.6 Å². The standard InChI is InChI=1S/C16H30N2O3/c1-4-6-13-7-5-9-18(10-8-13)16(21)17-11-14(12(2)3)15(19)20/h12-14H,4-11H2,1-3H3,(H,17,21)(H,19,20). The number of carboxylic acids is 1. The Morgan fingerprint density at radius 1 is 1.29 bits per heavy atom. The number of nitrogens with one attached hydrogen (secondary N) is 1. The molecule has 1 saturated heterocycles. The Morgan fingerprint density at radius 3 is 2.57 bits per heavy atom. The zero-order chi connectivity index (χ0) is 15.8. The van der Waals surface area contributed by atoms with Crippen LogP contribution in [-0.4, -0.2) is 41.6 Å². The van der Waals surface area contributed by atoms with Crippen LogP contribution in [0.5, 0.6) is 0 Å². The third-order valence-corrected chi connectivity index (χ3v) is 4.43. The third kappa shape index (κ3) is 5.94. The van der Waals surface area contributed by atoms with Crippen LogP contribution in [0.25, 0.3) is 0 Å². The highest BCUT2D eigenvalue weighted by Crippen LogP contribution is 2.22. The highest BCUT2D eigenvalue weighted by molar-refractivity contribution is 5.76. The van der Waals surface area contributed by atoms with Crippen LogP contribution >= 0.6 is 0 Å². The lowest BCUT2D eigenvalue weighted by molar-refractivity contribution is -0.142. The second-order valence-corrected chi connectivity index (χ2v) is 6.45. The molecule has 1 heterocycles. The highest BCUT2D eigenvalue weighted by Gasteiger charge is 2.24. The van der Waals surface area contributed by atoms with E-state index in [1.54, 1.807) is 0 Å². The Balaban J connectivity index is 2.43. The molecule has 2 N–H and O–H groups in total. The zero-order valence-corrected chi connectivity index (χ0v) is 13.6. The van der Waals surface area contributed by atoms with E-state index < -0.39 is 11.9 Å². The maximum Gasteiger partial charge on any atom is 0.317 e. The summed E-state index contributed by atoms with van der Waals surface area (Å²) in [6, 6.07) is -0.112. The second kappa shape index (κ2) is 8.90. The summed E-state index contributed by atoms with van der Waals surface area (Å²) in [5.41, 5.74) is 0. The van der Waals surface area contributed by atoms with Crippen molar-refractivity contribution in [1.29, 1.82) is 0 Å². The molecule has 1 fully saturated rings. The molecule has 21 heavy (non-hydrogen) atoms. The molecule has 1 rings (SSSR count). The van der Waals surface area contributed by atoms with Crippen molar-refractivity contribution in [3.63, 3.8) is 0 Å². The molecular formula is C16H30N2O3. The van der Waals surface area contributed by atoms with Gasteiger partial charge in [-0.25, -0.2) is 4.79 Å². The summed E-state index contributed by atoms with van der Waals surface area (Å²) in [5, 5.41) is 11.9. The Hall–Kier alpha value is -1.26. The number of hydrogen-bond donors (Lipinski definition) is 2. The first kappa shape index (κ1) is 17.8. The number of hydrogen-bond acceptors (Lipinski definition) is 2. The molecule has 2 amide bonds.